The maximum absolute atomic E-state index is 14.6. The summed E-state index contributed by atoms with van der Waals surface area (Å²) >= 11 is 0. The van der Waals surface area contributed by atoms with Gasteiger partial charge in [0.25, 0.3) is 0 Å². The van der Waals surface area contributed by atoms with Crippen LogP contribution in [0, 0.1) is 11.8 Å². The quantitative estimate of drug-likeness (QED) is 0.0449. The first-order valence-corrected chi connectivity index (χ1v) is 28.0. The van der Waals surface area contributed by atoms with Gasteiger partial charge in [0.05, 0.1) is 12.5 Å². The average molecular weight is 1110 g/mol. The summed E-state index contributed by atoms with van der Waals surface area (Å²) in [4.78, 5) is 128. The highest BCUT2D eigenvalue weighted by molar-refractivity contribution is 5.98. The molecule has 0 bridgehead atoms. The van der Waals surface area contributed by atoms with Crippen LogP contribution >= 0.6 is 0 Å². The minimum Gasteiger partial charge on any atom is -0.399 e. The van der Waals surface area contributed by atoms with Gasteiger partial charge in [0.2, 0.25) is 53.2 Å². The number of nitrogens with two attached hydrogens (primary N) is 4. The van der Waals surface area contributed by atoms with Crippen LogP contribution in [0.2, 0.25) is 0 Å². The van der Waals surface area contributed by atoms with Gasteiger partial charge in [0.15, 0.2) is 0 Å². The van der Waals surface area contributed by atoms with Crippen LogP contribution in [0.3, 0.4) is 0 Å². The number of nitrogens with one attached hydrogen (secondary N) is 9. The molecule has 1 aliphatic heterocycles. The Kier molecular flexibility index (Phi) is 30.1. The number of amides is 9. The molecule has 0 unspecified atom stereocenters. The molecule has 0 spiro atoms. The molecular formula is C56H91N13O10. The Labute approximate surface area is 465 Å². The molecule has 0 aromatic heterocycles. The number of aliphatic hydroxyl groups excluding tert-OH is 1. The maximum Gasteiger partial charge on any atom is 0.243 e. The van der Waals surface area contributed by atoms with Gasteiger partial charge in [0, 0.05) is 25.1 Å². The van der Waals surface area contributed by atoms with E-state index in [1.807, 2.05) is 27.7 Å². The van der Waals surface area contributed by atoms with Gasteiger partial charge in [0.1, 0.15) is 48.3 Å². The second kappa shape index (κ2) is 35.7. The Hall–Kier alpha value is -6.69. The lowest BCUT2D eigenvalue weighted by atomic mass is 10.00. The Morgan fingerprint density at radius 2 is 1.06 bits per heavy atom. The smallest absolute Gasteiger partial charge is 0.243 e. The van der Waals surface area contributed by atoms with E-state index >= 15 is 0 Å². The molecule has 1 aliphatic rings. The largest absolute Gasteiger partial charge is 0.399 e. The first-order chi connectivity index (χ1) is 37.7. The molecule has 18 N–H and O–H groups in total. The van der Waals surface area contributed by atoms with E-state index in [1.165, 1.54) is 0 Å². The Bertz CT molecular complexity index is 2250. The lowest BCUT2D eigenvalue weighted by Gasteiger charge is -2.28. The van der Waals surface area contributed by atoms with Gasteiger partial charge in [-0.3, -0.25) is 43.2 Å². The van der Waals surface area contributed by atoms with Crippen LogP contribution in [-0.2, 0) is 56.0 Å². The summed E-state index contributed by atoms with van der Waals surface area (Å²) in [7, 11) is 0. The number of benzene rings is 2. The van der Waals surface area contributed by atoms with E-state index in [1.54, 1.807) is 54.6 Å². The van der Waals surface area contributed by atoms with Gasteiger partial charge in [-0.25, -0.2) is 0 Å². The first kappa shape index (κ1) is 66.6. The van der Waals surface area contributed by atoms with Gasteiger partial charge < -0.3 is 75.9 Å². The highest BCUT2D eigenvalue weighted by Crippen LogP contribution is 2.14. The molecule has 1 heterocycles. The number of unbranched alkanes of at least 4 members (excludes halogenated alkanes) is 4. The van der Waals surface area contributed by atoms with Crippen LogP contribution in [0.1, 0.15) is 129 Å². The molecule has 23 nitrogen and oxygen atoms in total. The minimum absolute atomic E-state index is 0.0503. The summed E-state index contributed by atoms with van der Waals surface area (Å²) in [5, 5.41) is 35.3. The Morgan fingerprint density at radius 3 is 1.58 bits per heavy atom. The van der Waals surface area contributed by atoms with Crippen molar-refractivity contribution in [1.29, 1.82) is 0 Å². The summed E-state index contributed by atoms with van der Waals surface area (Å²) in [6, 6.07) is 4.90. The standard InChI is InChI=1S/C56H91N13O10/c1-6-7-8-9-13-16-39(70)33-48(71)62-46(32-37-17-19-38(60)20-18-37)55(78)66-43-24-28-61-49(72)44(29-34(2)3)67-51(74)41(22-26-58)63-50(73)40(21-25-57)65-54(77)45(30-35(4)5)68-56(79)47(31-36-14-11-10-12-15-36)69-52(75)42(23-27-59)64-53(43)76/h10-12,14-15,17-20,34-35,39-47,70H,6-9,13,16,21-33,57-60H2,1-5H3,(H,61,72)(H,62,71)(H,63,73)(H,64,76)(H,65,77)(H,66,78)(H,67,74)(H,68,79)(H,69,75)/t39-,40+,41+,42+,43+,44+,45+,46-,47-/m1/s1. The second-order valence-corrected chi connectivity index (χ2v) is 21.3. The number of hydrogen-bond donors (Lipinski definition) is 14. The van der Waals surface area contributed by atoms with Crippen LogP contribution in [0.5, 0.6) is 0 Å². The summed E-state index contributed by atoms with van der Waals surface area (Å²) in [6.07, 6.45) is 3.42. The monoisotopic (exact) mass is 1110 g/mol. The Morgan fingerprint density at radius 1 is 0.595 bits per heavy atom. The van der Waals surface area contributed by atoms with Crippen LogP contribution in [0.25, 0.3) is 0 Å². The summed E-state index contributed by atoms with van der Waals surface area (Å²) in [6.45, 7) is 8.93. The fourth-order valence-electron chi connectivity index (χ4n) is 9.06. The molecule has 2 aromatic rings. The summed E-state index contributed by atoms with van der Waals surface area (Å²) in [5.41, 5.74) is 25.5. The molecule has 0 radical (unpaired) electrons. The van der Waals surface area contributed by atoms with Crippen molar-refractivity contribution in [3.63, 3.8) is 0 Å². The third-order valence-corrected chi connectivity index (χ3v) is 13.4. The van der Waals surface area contributed by atoms with Crippen molar-refractivity contribution in [1.82, 2.24) is 47.9 Å². The van der Waals surface area contributed by atoms with Crippen LogP contribution in [0.15, 0.2) is 54.6 Å². The van der Waals surface area contributed by atoms with Gasteiger partial charge in [-0.2, -0.15) is 0 Å². The van der Waals surface area contributed by atoms with Crippen LogP contribution in [0.4, 0.5) is 5.69 Å². The molecule has 3 rings (SSSR count). The van der Waals surface area contributed by atoms with E-state index in [4.69, 9.17) is 22.9 Å². The van der Waals surface area contributed by atoms with Gasteiger partial charge in [-0.1, -0.05) is 109 Å². The van der Waals surface area contributed by atoms with Crippen LogP contribution in [-0.4, -0.2) is 139 Å². The zero-order valence-corrected chi connectivity index (χ0v) is 46.9. The van der Waals surface area contributed by atoms with E-state index in [-0.39, 0.29) is 95.8 Å². The van der Waals surface area contributed by atoms with Gasteiger partial charge in [-0.15, -0.1) is 0 Å². The Balaban J connectivity index is 2.14. The number of carbonyl (C=O) groups excluding carboxylic acids is 9. The first-order valence-electron chi connectivity index (χ1n) is 28.0. The molecule has 1 saturated heterocycles. The second-order valence-electron chi connectivity index (χ2n) is 21.3. The normalized spacial score (nSPS) is 22.3. The van der Waals surface area contributed by atoms with Gasteiger partial charge in [-0.05, 0) is 99.7 Å². The predicted octanol–water partition coefficient (Wildman–Crippen LogP) is -0.298. The number of rotatable bonds is 25. The molecule has 9 atom stereocenters. The van der Waals surface area contributed by atoms with E-state index in [9.17, 15) is 48.3 Å². The van der Waals surface area contributed by atoms with Crippen molar-refractivity contribution in [3.05, 3.63) is 65.7 Å². The summed E-state index contributed by atoms with van der Waals surface area (Å²) in [5.74, 6) is -7.12. The number of anilines is 1. The highest BCUT2D eigenvalue weighted by Gasteiger charge is 2.36. The fourth-order valence-corrected chi connectivity index (χ4v) is 9.06. The van der Waals surface area contributed by atoms with Crippen LogP contribution < -0.4 is 70.8 Å². The third kappa shape index (κ3) is 24.9. The number of nitrogen functional groups attached to an aromatic ring is 1. The predicted molar refractivity (Wildman–Crippen MR) is 302 cm³/mol. The molecule has 0 saturated carbocycles. The molecule has 9 amide bonds. The minimum atomic E-state index is -1.50. The van der Waals surface area contributed by atoms with Crippen molar-refractivity contribution in [2.24, 2.45) is 29.0 Å². The molecule has 0 aliphatic carbocycles. The maximum atomic E-state index is 14.6. The third-order valence-electron chi connectivity index (χ3n) is 13.4. The van der Waals surface area contributed by atoms with Crippen molar-refractivity contribution >= 4 is 58.9 Å². The van der Waals surface area contributed by atoms with Crippen molar-refractivity contribution in [2.45, 2.75) is 185 Å². The topological polar surface area (TPSA) is 386 Å². The van der Waals surface area contributed by atoms with E-state index in [0.717, 1.165) is 25.7 Å². The fraction of sp³-hybridized carbons (Fsp3) is 0.625. The lowest BCUT2D eigenvalue weighted by Crippen LogP contribution is -2.61. The summed E-state index contributed by atoms with van der Waals surface area (Å²) < 4.78 is 0. The average Bonchev–Trinajstić information content (AvgIpc) is 3.40. The number of aliphatic hydroxyl groups is 1. The molecular weight excluding hydrogens is 1010 g/mol. The molecule has 23 heteroatoms. The lowest BCUT2D eigenvalue weighted by molar-refractivity contribution is -0.136. The zero-order valence-electron chi connectivity index (χ0n) is 46.9. The molecule has 440 valence electrons. The SMILES string of the molecule is CCCCCCC[C@@H](O)CC(=O)N[C@H](Cc1ccc(N)cc1)C(=O)N[C@H]1CCNC(=O)[C@H](CC(C)C)NC(=O)[C@H](CCN)NC(=O)[C@H](CCN)NC(=O)[C@H](CC(C)C)NC(=O)[C@@H](Cc2ccccc2)NC(=O)[C@H](CCN)NC1=O. The van der Waals surface area contributed by atoms with Crippen molar-refractivity contribution in [3.8, 4) is 0 Å². The number of carbonyl (C=O) groups is 9. The van der Waals surface area contributed by atoms with Crippen molar-refractivity contribution in [2.75, 3.05) is 31.9 Å². The highest BCUT2D eigenvalue weighted by atomic mass is 16.3. The van der Waals surface area contributed by atoms with E-state index in [2.05, 4.69) is 54.8 Å². The zero-order chi connectivity index (χ0) is 58.4. The number of hydrogen-bond acceptors (Lipinski definition) is 14. The molecule has 79 heavy (non-hydrogen) atoms. The molecule has 2 aromatic carbocycles. The van der Waals surface area contributed by atoms with Crippen molar-refractivity contribution < 1.29 is 48.3 Å². The van der Waals surface area contributed by atoms with E-state index < -0.39 is 108 Å². The molecule has 1 fully saturated rings. The van der Waals surface area contributed by atoms with Gasteiger partial charge >= 0.3 is 0 Å². The van der Waals surface area contributed by atoms with E-state index in [0.29, 0.717) is 29.7 Å².